The van der Waals surface area contributed by atoms with E-state index >= 15 is 0 Å². The van der Waals surface area contributed by atoms with E-state index in [1.807, 2.05) is 24.3 Å². The zero-order chi connectivity index (χ0) is 26.4. The first-order valence-corrected chi connectivity index (χ1v) is 12.2. The Bertz CT molecular complexity index is 1470. The summed E-state index contributed by atoms with van der Waals surface area (Å²) in [5.41, 5.74) is 10.2. The fraction of sp³-hybridized carbons (Fsp3) is 0.321. The topological polar surface area (TPSA) is 116 Å². The molecule has 3 heterocycles. The molecule has 2 aromatic carbocycles. The van der Waals surface area contributed by atoms with Gasteiger partial charge in [-0.1, -0.05) is 26.0 Å². The summed E-state index contributed by atoms with van der Waals surface area (Å²) < 4.78 is 13.3. The lowest BCUT2D eigenvalue weighted by Gasteiger charge is -2.21. The molecule has 3 N–H and O–H groups in total. The molecule has 2 aliphatic rings. The molecule has 0 saturated heterocycles. The number of ether oxygens (including phenoxy) is 2. The average molecular weight is 503 g/mol. The molecular formula is C28H30N4O5. The van der Waals surface area contributed by atoms with Gasteiger partial charge >= 0.3 is 0 Å². The van der Waals surface area contributed by atoms with Gasteiger partial charge in [0.15, 0.2) is 18.1 Å². The molecule has 0 saturated carbocycles. The Labute approximate surface area is 214 Å². The molecule has 0 aliphatic carbocycles. The van der Waals surface area contributed by atoms with Gasteiger partial charge < -0.3 is 25.1 Å². The number of methoxy groups -OCH3 is 1. The lowest BCUT2D eigenvalue weighted by atomic mass is 9.84. The van der Waals surface area contributed by atoms with E-state index in [9.17, 15) is 14.4 Å². The molecule has 0 fully saturated rings. The van der Waals surface area contributed by atoms with Crippen molar-refractivity contribution in [3.05, 3.63) is 65.0 Å². The van der Waals surface area contributed by atoms with Crippen LogP contribution in [0.3, 0.4) is 0 Å². The second-order valence-corrected chi connectivity index (χ2v) is 9.86. The molecule has 1 atom stereocenters. The molecule has 1 aromatic heterocycles. The van der Waals surface area contributed by atoms with Gasteiger partial charge in [-0.2, -0.15) is 0 Å². The fourth-order valence-electron chi connectivity index (χ4n) is 5.30. The number of benzene rings is 2. The number of amides is 3. The minimum absolute atomic E-state index is 0.184. The van der Waals surface area contributed by atoms with Gasteiger partial charge in [0.25, 0.3) is 11.8 Å². The number of anilines is 1. The third-order valence-corrected chi connectivity index (χ3v) is 6.77. The maximum atomic E-state index is 13.7. The Morgan fingerprint density at radius 2 is 1.97 bits per heavy atom. The van der Waals surface area contributed by atoms with Gasteiger partial charge in [-0.15, -0.1) is 0 Å². The molecule has 0 spiro atoms. The standard InChI is InChI=1S/C28H30N4O5/c1-15(2)11-31-12-18-25(17-8-9-22(23(10-17)36-4)37-14-24(29)34)27-20(13-32(16(3)33)28(27)35)30-19-6-5-7-21(31)26(18)19/h5-10,12,15,25,30H,11,13-14H2,1-4H3,(H2,29,34)/t25-/m1/s1. The van der Waals surface area contributed by atoms with Crippen LogP contribution in [0.1, 0.15) is 37.8 Å². The summed E-state index contributed by atoms with van der Waals surface area (Å²) >= 11 is 0. The number of nitrogens with two attached hydrogens (primary N) is 1. The number of nitrogens with zero attached hydrogens (tertiary/aromatic N) is 2. The second kappa shape index (κ2) is 9.31. The molecule has 0 bridgehead atoms. The molecule has 0 radical (unpaired) electrons. The molecule has 0 unspecified atom stereocenters. The van der Waals surface area contributed by atoms with Gasteiger partial charge in [-0.3, -0.25) is 19.3 Å². The van der Waals surface area contributed by atoms with Crippen LogP contribution in [0.5, 0.6) is 11.5 Å². The maximum absolute atomic E-state index is 13.7. The fourth-order valence-corrected chi connectivity index (χ4v) is 5.30. The van der Waals surface area contributed by atoms with Crippen LogP contribution in [0.25, 0.3) is 10.9 Å². The smallest absolute Gasteiger partial charge is 0.259 e. The van der Waals surface area contributed by atoms with E-state index in [0.717, 1.165) is 34.3 Å². The molecule has 5 rings (SSSR count). The molecule has 37 heavy (non-hydrogen) atoms. The quantitative estimate of drug-likeness (QED) is 0.512. The second-order valence-electron chi connectivity index (χ2n) is 9.86. The summed E-state index contributed by atoms with van der Waals surface area (Å²) in [5, 5.41) is 4.52. The van der Waals surface area contributed by atoms with Gasteiger partial charge in [0.2, 0.25) is 5.91 Å². The SMILES string of the molecule is COc1cc([C@H]2C3=C(CN(C(C)=O)C3=O)Nc3cccc4c3c2cn4CC(C)C)ccc1OCC(N)=O. The highest BCUT2D eigenvalue weighted by molar-refractivity contribution is 6.11. The number of hydrogen-bond acceptors (Lipinski definition) is 6. The Balaban J connectivity index is 1.73. The van der Waals surface area contributed by atoms with E-state index in [0.29, 0.717) is 28.7 Å². The summed E-state index contributed by atoms with van der Waals surface area (Å²) in [7, 11) is 1.51. The number of rotatable bonds is 7. The minimum atomic E-state index is -0.595. The number of carbonyl (C=O) groups is 3. The van der Waals surface area contributed by atoms with Crippen molar-refractivity contribution in [3.63, 3.8) is 0 Å². The van der Waals surface area contributed by atoms with E-state index in [-0.39, 0.29) is 25.0 Å². The zero-order valence-corrected chi connectivity index (χ0v) is 21.3. The van der Waals surface area contributed by atoms with E-state index in [2.05, 4.69) is 36.0 Å². The summed E-state index contributed by atoms with van der Waals surface area (Å²) in [5.74, 6) is -0.470. The summed E-state index contributed by atoms with van der Waals surface area (Å²) in [6, 6.07) is 11.5. The Morgan fingerprint density at radius 1 is 1.19 bits per heavy atom. The van der Waals surface area contributed by atoms with Gasteiger partial charge in [0.1, 0.15) is 0 Å². The lowest BCUT2D eigenvalue weighted by molar-refractivity contribution is -0.139. The zero-order valence-electron chi connectivity index (χ0n) is 21.3. The highest BCUT2D eigenvalue weighted by Crippen LogP contribution is 2.47. The van der Waals surface area contributed by atoms with E-state index in [4.69, 9.17) is 15.2 Å². The summed E-state index contributed by atoms with van der Waals surface area (Å²) in [6.07, 6.45) is 2.12. The van der Waals surface area contributed by atoms with Crippen LogP contribution in [0.15, 0.2) is 53.9 Å². The highest BCUT2D eigenvalue weighted by atomic mass is 16.5. The van der Waals surface area contributed by atoms with E-state index in [1.165, 1.54) is 18.9 Å². The van der Waals surface area contributed by atoms with Crippen LogP contribution in [0.4, 0.5) is 5.69 Å². The van der Waals surface area contributed by atoms with Crippen molar-refractivity contribution in [2.45, 2.75) is 33.2 Å². The minimum Gasteiger partial charge on any atom is -0.493 e. The van der Waals surface area contributed by atoms with Crippen molar-refractivity contribution in [2.24, 2.45) is 11.7 Å². The van der Waals surface area contributed by atoms with Crippen LogP contribution in [0.2, 0.25) is 0 Å². The number of primary amides is 1. The first-order valence-electron chi connectivity index (χ1n) is 12.2. The van der Waals surface area contributed by atoms with E-state index < -0.39 is 11.8 Å². The van der Waals surface area contributed by atoms with Crippen LogP contribution < -0.4 is 20.5 Å². The molecule has 3 amide bonds. The Morgan fingerprint density at radius 3 is 2.65 bits per heavy atom. The third kappa shape index (κ3) is 4.20. The van der Waals surface area contributed by atoms with Crippen molar-refractivity contribution in [1.29, 1.82) is 0 Å². The van der Waals surface area contributed by atoms with Crippen LogP contribution >= 0.6 is 0 Å². The first-order chi connectivity index (χ1) is 17.7. The Kier molecular flexibility index (Phi) is 6.15. The van der Waals surface area contributed by atoms with Gasteiger partial charge in [0.05, 0.1) is 24.7 Å². The highest BCUT2D eigenvalue weighted by Gasteiger charge is 2.41. The van der Waals surface area contributed by atoms with Crippen LogP contribution in [-0.4, -0.2) is 47.4 Å². The van der Waals surface area contributed by atoms with Crippen molar-refractivity contribution < 1.29 is 23.9 Å². The predicted molar refractivity (Wildman–Crippen MR) is 139 cm³/mol. The summed E-state index contributed by atoms with van der Waals surface area (Å²) in [6.45, 7) is 6.45. The Hall–Kier alpha value is -4.27. The monoisotopic (exact) mass is 502 g/mol. The molecule has 9 nitrogen and oxygen atoms in total. The third-order valence-electron chi connectivity index (χ3n) is 6.77. The number of nitrogens with one attached hydrogen (secondary N) is 1. The lowest BCUT2D eigenvalue weighted by Crippen LogP contribution is -2.33. The average Bonchev–Trinajstić information content (AvgIpc) is 3.32. The first kappa shape index (κ1) is 24.4. The molecule has 2 aliphatic heterocycles. The largest absolute Gasteiger partial charge is 0.493 e. The summed E-state index contributed by atoms with van der Waals surface area (Å²) in [4.78, 5) is 38.5. The predicted octanol–water partition coefficient (Wildman–Crippen LogP) is 3.37. The molecular weight excluding hydrogens is 472 g/mol. The van der Waals surface area contributed by atoms with E-state index in [1.54, 1.807) is 6.07 Å². The van der Waals surface area contributed by atoms with Gasteiger partial charge in [-0.05, 0) is 41.3 Å². The number of aromatic nitrogens is 1. The number of carbonyl (C=O) groups excluding carboxylic acids is 3. The van der Waals surface area contributed by atoms with Crippen molar-refractivity contribution in [2.75, 3.05) is 25.6 Å². The van der Waals surface area contributed by atoms with Crippen LogP contribution in [-0.2, 0) is 20.9 Å². The van der Waals surface area contributed by atoms with Crippen LogP contribution in [0, 0.1) is 5.92 Å². The maximum Gasteiger partial charge on any atom is 0.259 e. The van der Waals surface area contributed by atoms with Crippen molar-refractivity contribution >= 4 is 34.3 Å². The molecule has 192 valence electrons. The van der Waals surface area contributed by atoms with Crippen molar-refractivity contribution in [3.8, 4) is 11.5 Å². The molecule has 3 aromatic rings. The normalized spacial score (nSPS) is 16.6. The van der Waals surface area contributed by atoms with Gasteiger partial charge in [0, 0.05) is 42.4 Å². The van der Waals surface area contributed by atoms with Gasteiger partial charge in [-0.25, -0.2) is 0 Å². The van der Waals surface area contributed by atoms with Crippen molar-refractivity contribution in [1.82, 2.24) is 9.47 Å². The number of imide groups is 1. The number of hydrogen-bond donors (Lipinski definition) is 2. The molecule has 9 heteroatoms.